The predicted molar refractivity (Wildman–Crippen MR) is 264 cm³/mol. The summed E-state index contributed by atoms with van der Waals surface area (Å²) in [5, 5.41) is 4.61. The third kappa shape index (κ3) is 4.70. The Kier molecular flexibility index (Phi) is 7.32. The molecule has 3 nitrogen and oxygen atoms in total. The Morgan fingerprint density at radius 1 is 0.359 bits per heavy atom. The zero-order valence-corrected chi connectivity index (χ0v) is 34.7. The van der Waals surface area contributed by atoms with Crippen molar-refractivity contribution in [3.8, 4) is 39.1 Å². The fourth-order valence-corrected chi connectivity index (χ4v) is 11.4. The average molecular weight is 815 g/mol. The van der Waals surface area contributed by atoms with Crippen molar-refractivity contribution >= 4 is 60.8 Å². The lowest BCUT2D eigenvalue weighted by Crippen LogP contribution is -2.25. The van der Waals surface area contributed by atoms with Crippen LogP contribution < -0.4 is 4.90 Å². The van der Waals surface area contributed by atoms with E-state index in [0.29, 0.717) is 0 Å². The lowest BCUT2D eigenvalue weighted by atomic mass is 9.70. The molecule has 1 atom stereocenters. The summed E-state index contributed by atoms with van der Waals surface area (Å²) in [6.45, 7) is 0. The molecule has 0 radical (unpaired) electrons. The van der Waals surface area contributed by atoms with Gasteiger partial charge >= 0.3 is 0 Å². The van der Waals surface area contributed by atoms with Crippen molar-refractivity contribution in [2.45, 2.75) is 5.41 Å². The van der Waals surface area contributed by atoms with Gasteiger partial charge in [-0.05, 0) is 123 Å². The number of hydrogen-bond donors (Lipinski definition) is 0. The highest BCUT2D eigenvalue weighted by molar-refractivity contribution is 6.25. The van der Waals surface area contributed by atoms with E-state index in [1.54, 1.807) is 0 Å². The zero-order chi connectivity index (χ0) is 41.9. The minimum Gasteiger partial charge on any atom is -0.455 e. The van der Waals surface area contributed by atoms with E-state index in [-0.39, 0.29) is 0 Å². The molecule has 2 aliphatic rings. The summed E-state index contributed by atoms with van der Waals surface area (Å²) in [5.41, 5.74) is 20.7. The predicted octanol–water partition coefficient (Wildman–Crippen LogP) is 16.2. The van der Waals surface area contributed by atoms with Gasteiger partial charge in [-0.3, -0.25) is 0 Å². The normalized spacial score (nSPS) is 14.6. The minimum atomic E-state index is -0.502. The second kappa shape index (κ2) is 13.3. The van der Waals surface area contributed by atoms with Crippen molar-refractivity contribution in [2.75, 3.05) is 4.90 Å². The number of fused-ring (bicyclic) bond motifs is 18. The van der Waals surface area contributed by atoms with Crippen molar-refractivity contribution in [1.82, 2.24) is 4.57 Å². The Labute approximate surface area is 370 Å². The van der Waals surface area contributed by atoms with Crippen LogP contribution in [0.15, 0.2) is 235 Å². The number of rotatable bonds is 5. The smallest absolute Gasteiger partial charge is 0.145 e. The Morgan fingerprint density at radius 3 is 1.66 bits per heavy atom. The highest BCUT2D eigenvalue weighted by atomic mass is 16.3. The molecule has 298 valence electrons. The fourth-order valence-electron chi connectivity index (χ4n) is 11.4. The topological polar surface area (TPSA) is 21.3 Å². The van der Waals surface area contributed by atoms with Crippen LogP contribution in [0, 0.1) is 0 Å². The van der Waals surface area contributed by atoms with E-state index in [2.05, 4.69) is 240 Å². The molecule has 10 aromatic carbocycles. The van der Waals surface area contributed by atoms with Gasteiger partial charge in [-0.1, -0.05) is 158 Å². The molecule has 0 N–H and O–H groups in total. The van der Waals surface area contributed by atoms with E-state index in [0.717, 1.165) is 55.6 Å². The molecule has 0 saturated heterocycles. The number of para-hydroxylation sites is 4. The third-order valence-corrected chi connectivity index (χ3v) is 14.0. The maximum atomic E-state index is 7.34. The SMILES string of the molecule is c1ccc(N(c2ccccc2)c2ccc(-c3ccc4c(c3)-c3ccccc3C43c4ccccc4-c4c3ccc3c4oc4c3ccc3c4c4ccccc4n3-c3ccccc3)cc2)cc1. The molecule has 2 aliphatic carbocycles. The fraction of sp³-hybridized carbons (Fsp3) is 0.0164. The second-order valence-corrected chi connectivity index (χ2v) is 17.1. The Bertz CT molecular complexity index is 3790. The third-order valence-electron chi connectivity index (χ3n) is 14.0. The maximum absolute atomic E-state index is 7.34. The average Bonchev–Trinajstić information content (AvgIpc) is 4.09. The molecule has 12 aromatic rings. The van der Waals surface area contributed by atoms with Crippen molar-refractivity contribution in [3.63, 3.8) is 0 Å². The van der Waals surface area contributed by atoms with Crippen molar-refractivity contribution in [3.05, 3.63) is 253 Å². The van der Waals surface area contributed by atoms with Gasteiger partial charge in [-0.15, -0.1) is 0 Å². The van der Waals surface area contributed by atoms with E-state index >= 15 is 0 Å². The summed E-state index contributed by atoms with van der Waals surface area (Å²) in [7, 11) is 0. The van der Waals surface area contributed by atoms with E-state index in [1.807, 2.05) is 0 Å². The molecule has 1 spiro atoms. The van der Waals surface area contributed by atoms with Gasteiger partial charge in [0.05, 0.1) is 21.8 Å². The summed E-state index contributed by atoms with van der Waals surface area (Å²) in [6, 6.07) is 84.0. The van der Waals surface area contributed by atoms with Crippen molar-refractivity contribution in [2.24, 2.45) is 0 Å². The molecule has 0 fully saturated rings. The van der Waals surface area contributed by atoms with Crippen LogP contribution >= 0.6 is 0 Å². The molecule has 3 heteroatoms. The van der Waals surface area contributed by atoms with E-state index in [9.17, 15) is 0 Å². The van der Waals surface area contributed by atoms with Crippen molar-refractivity contribution in [1.29, 1.82) is 0 Å². The zero-order valence-electron chi connectivity index (χ0n) is 34.7. The van der Waals surface area contributed by atoms with Crippen LogP contribution in [0.4, 0.5) is 17.1 Å². The van der Waals surface area contributed by atoms with Gasteiger partial charge < -0.3 is 13.9 Å². The second-order valence-electron chi connectivity index (χ2n) is 17.1. The highest BCUT2D eigenvalue weighted by Crippen LogP contribution is 2.64. The minimum absolute atomic E-state index is 0.502. The molecule has 0 saturated carbocycles. The maximum Gasteiger partial charge on any atom is 0.145 e. The van der Waals surface area contributed by atoms with Crippen LogP contribution in [0.25, 0.3) is 82.8 Å². The van der Waals surface area contributed by atoms with Crippen molar-refractivity contribution < 1.29 is 4.42 Å². The first kappa shape index (κ1) is 35.2. The summed E-state index contributed by atoms with van der Waals surface area (Å²) < 4.78 is 9.71. The molecule has 2 aromatic heterocycles. The standard InChI is InChI=1S/C61H38N2O/c1-4-16-41(17-5-1)62(42-18-6-2-7-19-42)44-31-28-39(29-32-44)40-30-35-53-50(38-40)45-22-10-13-25-51(45)61(53)52-26-14-11-23-48(52)57-54(61)36-33-46-47-34-37-56-58(60(47)64-59(46)57)49-24-12-15-27-55(49)63(56)43-20-8-3-9-21-43/h1-38H. The van der Waals surface area contributed by atoms with Crippen LogP contribution in [0.2, 0.25) is 0 Å². The van der Waals surface area contributed by atoms with Crippen LogP contribution in [0.3, 0.4) is 0 Å². The summed E-state index contributed by atoms with van der Waals surface area (Å²) in [5.74, 6) is 0. The Balaban J connectivity index is 0.954. The number of nitrogens with zero attached hydrogens (tertiary/aromatic N) is 2. The first-order valence-corrected chi connectivity index (χ1v) is 22.1. The molecule has 14 rings (SSSR count). The lowest BCUT2D eigenvalue weighted by molar-refractivity contribution is 0.673. The first-order chi connectivity index (χ1) is 31.8. The van der Waals surface area contributed by atoms with Gasteiger partial charge in [0.25, 0.3) is 0 Å². The monoisotopic (exact) mass is 814 g/mol. The molecule has 2 heterocycles. The number of aromatic nitrogens is 1. The van der Waals surface area contributed by atoms with E-state index in [1.165, 1.54) is 66.5 Å². The molecular weight excluding hydrogens is 777 g/mol. The van der Waals surface area contributed by atoms with E-state index in [4.69, 9.17) is 4.42 Å². The molecule has 0 amide bonds. The molecular formula is C61H38N2O. The quantitative estimate of drug-likeness (QED) is 0.173. The Hall–Kier alpha value is -8.40. The van der Waals surface area contributed by atoms with Gasteiger partial charge in [0.1, 0.15) is 11.2 Å². The molecule has 0 aliphatic heterocycles. The number of furan rings is 1. The number of anilines is 3. The van der Waals surface area contributed by atoms with Crippen LogP contribution in [-0.4, -0.2) is 4.57 Å². The Morgan fingerprint density at radius 2 is 0.906 bits per heavy atom. The van der Waals surface area contributed by atoms with E-state index < -0.39 is 5.41 Å². The van der Waals surface area contributed by atoms with Gasteiger partial charge in [-0.2, -0.15) is 0 Å². The number of benzene rings is 10. The summed E-state index contributed by atoms with van der Waals surface area (Å²) in [4.78, 5) is 2.31. The number of hydrogen-bond acceptors (Lipinski definition) is 2. The molecule has 0 bridgehead atoms. The van der Waals surface area contributed by atoms with Gasteiger partial charge in [-0.25, -0.2) is 0 Å². The van der Waals surface area contributed by atoms with Gasteiger partial charge in [0, 0.05) is 44.5 Å². The summed E-state index contributed by atoms with van der Waals surface area (Å²) >= 11 is 0. The van der Waals surface area contributed by atoms with Crippen LogP contribution in [0.1, 0.15) is 22.3 Å². The lowest BCUT2D eigenvalue weighted by Gasteiger charge is -2.30. The largest absolute Gasteiger partial charge is 0.455 e. The van der Waals surface area contributed by atoms with Gasteiger partial charge in [0.2, 0.25) is 0 Å². The molecule has 1 unspecified atom stereocenters. The van der Waals surface area contributed by atoms with Crippen LogP contribution in [-0.2, 0) is 5.41 Å². The highest BCUT2D eigenvalue weighted by Gasteiger charge is 2.52. The summed E-state index contributed by atoms with van der Waals surface area (Å²) in [6.07, 6.45) is 0. The molecule has 64 heavy (non-hydrogen) atoms. The van der Waals surface area contributed by atoms with Crippen LogP contribution in [0.5, 0.6) is 0 Å². The van der Waals surface area contributed by atoms with Gasteiger partial charge in [0.15, 0.2) is 0 Å². The first-order valence-electron chi connectivity index (χ1n) is 22.1.